The lowest BCUT2D eigenvalue weighted by atomic mass is 10.0. The van der Waals surface area contributed by atoms with Gasteiger partial charge >= 0.3 is 5.69 Å². The zero-order valence-electron chi connectivity index (χ0n) is 23.1. The lowest BCUT2D eigenvalue weighted by Gasteiger charge is -2.17. The van der Waals surface area contributed by atoms with E-state index in [0.717, 1.165) is 65.9 Å². The number of H-pyrrole nitrogens is 1. The van der Waals surface area contributed by atoms with E-state index in [2.05, 4.69) is 78.8 Å². The molecule has 0 spiro atoms. The Bertz CT molecular complexity index is 1570. The molecule has 8 heteroatoms. The molecule has 1 unspecified atom stereocenters. The van der Waals surface area contributed by atoms with Crippen LogP contribution in [0.15, 0.2) is 71.8 Å². The molecule has 0 aliphatic rings. The Morgan fingerprint density at radius 1 is 0.923 bits per heavy atom. The van der Waals surface area contributed by atoms with Crippen LogP contribution in [-0.2, 0) is 19.3 Å². The van der Waals surface area contributed by atoms with Crippen molar-refractivity contribution < 1.29 is 0 Å². The first-order valence-electron chi connectivity index (χ1n) is 13.8. The average molecular weight is 522 g/mol. The second kappa shape index (κ2) is 11.6. The van der Waals surface area contributed by atoms with Gasteiger partial charge in [0.25, 0.3) is 0 Å². The van der Waals surface area contributed by atoms with Crippen LogP contribution < -0.4 is 5.69 Å². The third-order valence-electron chi connectivity index (χ3n) is 7.45. The molecule has 200 valence electrons. The normalized spacial score (nSPS) is 12.1. The van der Waals surface area contributed by atoms with Gasteiger partial charge in [-0.15, -0.1) is 5.10 Å². The monoisotopic (exact) mass is 521 g/mol. The lowest BCUT2D eigenvalue weighted by molar-refractivity contribution is 0.573. The molecule has 0 bridgehead atoms. The Balaban J connectivity index is 1.55. The van der Waals surface area contributed by atoms with Crippen molar-refractivity contribution in [3.8, 4) is 28.3 Å². The van der Waals surface area contributed by atoms with Gasteiger partial charge in [0.1, 0.15) is 0 Å². The summed E-state index contributed by atoms with van der Waals surface area (Å²) in [5.41, 5.74) is 8.07. The van der Waals surface area contributed by atoms with E-state index in [1.807, 2.05) is 45.7 Å². The maximum atomic E-state index is 14.1. The molecule has 0 amide bonds. The minimum absolute atomic E-state index is 0.00329. The molecule has 0 fully saturated rings. The van der Waals surface area contributed by atoms with Crippen LogP contribution in [0.3, 0.4) is 0 Å². The molecule has 0 saturated carbocycles. The van der Waals surface area contributed by atoms with E-state index in [-0.39, 0.29) is 11.7 Å². The predicted octanol–water partition coefficient (Wildman–Crippen LogP) is 5.96. The van der Waals surface area contributed by atoms with Crippen LogP contribution in [0, 0.1) is 0 Å². The molecule has 0 saturated heterocycles. The number of aromatic nitrogens is 7. The van der Waals surface area contributed by atoms with Crippen molar-refractivity contribution in [2.75, 3.05) is 0 Å². The Hall–Kier alpha value is -4.33. The van der Waals surface area contributed by atoms with Crippen LogP contribution in [0.4, 0.5) is 0 Å². The van der Waals surface area contributed by atoms with Crippen LogP contribution >= 0.6 is 0 Å². The number of aromatic amines is 1. The Morgan fingerprint density at radius 3 is 2.28 bits per heavy atom. The van der Waals surface area contributed by atoms with Gasteiger partial charge in [0, 0.05) is 29.2 Å². The second-order valence-electron chi connectivity index (χ2n) is 9.83. The number of nitrogens with zero attached hydrogens (tertiary/aromatic N) is 6. The summed E-state index contributed by atoms with van der Waals surface area (Å²) in [5, 5.41) is 14.3. The van der Waals surface area contributed by atoms with E-state index in [9.17, 15) is 4.79 Å². The minimum Gasteiger partial charge on any atom is -0.289 e. The SMILES string of the molecule is CCCCc1cn(-c2c(CC)cccc2CC)c(=O)n1C(C)c1ccc(-c2ccccc2-c2nnn[nH]2)nc1. The van der Waals surface area contributed by atoms with Crippen molar-refractivity contribution in [3.63, 3.8) is 0 Å². The number of rotatable bonds is 10. The Kier molecular flexibility index (Phi) is 7.81. The summed E-state index contributed by atoms with van der Waals surface area (Å²) in [6, 6.07) is 18.1. The van der Waals surface area contributed by atoms with E-state index in [0.29, 0.717) is 5.82 Å². The highest BCUT2D eigenvalue weighted by Gasteiger charge is 2.21. The van der Waals surface area contributed by atoms with Gasteiger partial charge in [-0.25, -0.2) is 9.89 Å². The first-order chi connectivity index (χ1) is 19.1. The summed E-state index contributed by atoms with van der Waals surface area (Å²) in [4.78, 5) is 18.9. The number of pyridine rings is 1. The first kappa shape index (κ1) is 26.3. The summed E-state index contributed by atoms with van der Waals surface area (Å²) in [6.07, 6.45) is 8.62. The maximum Gasteiger partial charge on any atom is 0.333 e. The molecule has 0 radical (unpaired) electrons. The topological polar surface area (TPSA) is 94.3 Å². The zero-order valence-corrected chi connectivity index (χ0v) is 23.1. The number of benzene rings is 2. The molecule has 5 aromatic rings. The van der Waals surface area contributed by atoms with Gasteiger partial charge in [-0.1, -0.05) is 75.7 Å². The van der Waals surface area contributed by atoms with Crippen LogP contribution in [0.25, 0.3) is 28.3 Å². The number of nitrogens with one attached hydrogen (secondary N) is 1. The van der Waals surface area contributed by atoms with Crippen molar-refractivity contribution in [1.82, 2.24) is 34.7 Å². The van der Waals surface area contributed by atoms with Crippen LogP contribution in [-0.4, -0.2) is 34.7 Å². The molecule has 1 N–H and O–H groups in total. The molecule has 3 heterocycles. The van der Waals surface area contributed by atoms with Gasteiger partial charge in [0.05, 0.1) is 17.4 Å². The van der Waals surface area contributed by atoms with E-state index in [1.165, 1.54) is 11.1 Å². The second-order valence-corrected chi connectivity index (χ2v) is 9.83. The number of hydrogen-bond acceptors (Lipinski definition) is 5. The largest absolute Gasteiger partial charge is 0.333 e. The van der Waals surface area contributed by atoms with Gasteiger partial charge in [-0.2, -0.15) is 0 Å². The highest BCUT2D eigenvalue weighted by molar-refractivity contribution is 5.78. The van der Waals surface area contributed by atoms with E-state index in [1.54, 1.807) is 0 Å². The van der Waals surface area contributed by atoms with Crippen molar-refractivity contribution in [3.05, 3.63) is 99.9 Å². The molecule has 0 aliphatic carbocycles. The fraction of sp³-hybridized carbons (Fsp3) is 0.323. The highest BCUT2D eigenvalue weighted by Crippen LogP contribution is 2.30. The molecular formula is C31H35N7O. The third-order valence-corrected chi connectivity index (χ3v) is 7.45. The lowest BCUT2D eigenvalue weighted by Crippen LogP contribution is -2.28. The number of aryl methyl sites for hydroxylation is 3. The molecule has 5 rings (SSSR count). The predicted molar refractivity (Wildman–Crippen MR) is 154 cm³/mol. The van der Waals surface area contributed by atoms with E-state index >= 15 is 0 Å². The first-order valence-corrected chi connectivity index (χ1v) is 13.8. The molecule has 39 heavy (non-hydrogen) atoms. The van der Waals surface area contributed by atoms with Crippen LogP contribution in [0.2, 0.25) is 0 Å². The third kappa shape index (κ3) is 5.06. The van der Waals surface area contributed by atoms with E-state index < -0.39 is 0 Å². The Labute approximate surface area is 228 Å². The summed E-state index contributed by atoms with van der Waals surface area (Å²) in [6.45, 7) is 8.55. The van der Waals surface area contributed by atoms with Crippen molar-refractivity contribution in [2.24, 2.45) is 0 Å². The molecule has 2 aromatic carbocycles. The van der Waals surface area contributed by atoms with Gasteiger partial charge < -0.3 is 0 Å². The smallest absolute Gasteiger partial charge is 0.289 e. The maximum absolute atomic E-state index is 14.1. The zero-order chi connectivity index (χ0) is 27.4. The van der Waals surface area contributed by atoms with Crippen molar-refractivity contribution >= 4 is 0 Å². The molecule has 1 atom stereocenters. The summed E-state index contributed by atoms with van der Waals surface area (Å²) in [5.74, 6) is 0.595. The summed E-state index contributed by atoms with van der Waals surface area (Å²) < 4.78 is 3.83. The molecule has 3 aromatic heterocycles. The van der Waals surface area contributed by atoms with E-state index in [4.69, 9.17) is 4.98 Å². The molecular weight excluding hydrogens is 486 g/mol. The molecule has 0 aliphatic heterocycles. The van der Waals surface area contributed by atoms with Crippen LogP contribution in [0.5, 0.6) is 0 Å². The average Bonchev–Trinajstić information content (AvgIpc) is 3.63. The highest BCUT2D eigenvalue weighted by atomic mass is 16.1. The van der Waals surface area contributed by atoms with Gasteiger partial charge in [-0.05, 0) is 65.8 Å². The number of hydrogen-bond donors (Lipinski definition) is 1. The fourth-order valence-corrected chi connectivity index (χ4v) is 5.29. The molecule has 8 nitrogen and oxygen atoms in total. The Morgan fingerprint density at radius 2 is 1.67 bits per heavy atom. The van der Waals surface area contributed by atoms with Crippen molar-refractivity contribution in [1.29, 1.82) is 0 Å². The number of para-hydroxylation sites is 1. The number of imidazole rings is 1. The number of tetrazole rings is 1. The standard InChI is InChI=1S/C31H35N7O/c1-5-8-14-25-20-37(29-22(6-2)12-11-13-23(29)7-3)31(39)38(25)21(4)24-17-18-28(32-19-24)26-15-9-10-16-27(26)30-33-35-36-34-30/h9-13,15-21H,5-8,14H2,1-4H3,(H,33,34,35,36). The van der Waals surface area contributed by atoms with Gasteiger partial charge in [-0.3, -0.25) is 14.1 Å². The number of unbranched alkanes of at least 4 members (excludes halogenated alkanes) is 1. The van der Waals surface area contributed by atoms with Crippen LogP contribution in [0.1, 0.15) is 69.0 Å². The quantitative estimate of drug-likeness (QED) is 0.245. The van der Waals surface area contributed by atoms with Crippen molar-refractivity contribution in [2.45, 2.75) is 65.8 Å². The summed E-state index contributed by atoms with van der Waals surface area (Å²) in [7, 11) is 0. The van der Waals surface area contributed by atoms with Gasteiger partial charge in [0.2, 0.25) is 0 Å². The van der Waals surface area contributed by atoms with Gasteiger partial charge in [0.15, 0.2) is 5.82 Å². The summed E-state index contributed by atoms with van der Waals surface area (Å²) >= 11 is 0. The fourth-order valence-electron chi connectivity index (χ4n) is 5.29. The minimum atomic E-state index is -0.167.